The molecular weight excluding hydrogens is 1110 g/mol. The summed E-state index contributed by atoms with van der Waals surface area (Å²) < 4.78 is 94.0. The molecule has 0 spiro atoms. The Kier molecular flexibility index (Phi) is 27.8. The van der Waals surface area contributed by atoms with Crippen LogP contribution in [-0.2, 0) is 47.5 Å². The summed E-state index contributed by atoms with van der Waals surface area (Å²) in [7, 11) is -10.6. The van der Waals surface area contributed by atoms with E-state index in [1.807, 2.05) is 12.1 Å². The van der Waals surface area contributed by atoms with Crippen molar-refractivity contribution < 1.29 is 49.7 Å². The van der Waals surface area contributed by atoms with Crippen molar-refractivity contribution >= 4 is 36.3 Å². The number of sulfone groups is 2. The highest BCUT2D eigenvalue weighted by atomic mass is 32.2. The number of aliphatic hydroxyl groups is 1. The van der Waals surface area contributed by atoms with E-state index < -0.39 is 36.3 Å². The lowest BCUT2D eigenvalue weighted by Crippen LogP contribution is -2.42. The summed E-state index contributed by atoms with van der Waals surface area (Å²) in [6, 6.07) is 17.6. The molecule has 11 nitrogen and oxygen atoms in total. The first-order chi connectivity index (χ1) is 38.1. The molecule has 0 bridgehead atoms. The highest BCUT2D eigenvalue weighted by Crippen LogP contribution is 2.46. The van der Waals surface area contributed by atoms with E-state index in [1.165, 1.54) is 0 Å². The van der Waals surface area contributed by atoms with Crippen molar-refractivity contribution in [1.82, 2.24) is 0 Å². The molecule has 4 heterocycles. The highest BCUT2D eigenvalue weighted by Gasteiger charge is 2.49. The zero-order valence-electron chi connectivity index (χ0n) is 54.1. The van der Waals surface area contributed by atoms with Gasteiger partial charge in [0, 0.05) is 44.5 Å². The van der Waals surface area contributed by atoms with Crippen molar-refractivity contribution in [3.8, 4) is 0 Å². The van der Waals surface area contributed by atoms with E-state index in [0.29, 0.717) is 65.9 Å². The zero-order valence-corrected chi connectivity index (χ0v) is 57.7. The average molecular weight is 1230 g/mol. The number of hydrogen-bond acceptors (Lipinski definition) is 11. The SMILES string of the molecule is C.C=C1[C@H](C)C[C@H](CCCC)O[C@@H]1CC1O[C@H](C[C@H](C)CO[Si](C)(C)C(C)(C)C)[C@H](C)[C@H]1CS(=O)(=O)c1ccccc1.C=C1[C@H](C)C[C@H](CCCO)O[C@@H]1CC1O[C@H](C[C@H](C)CO[Si](C)(C)C(C)(C)C)[C@H](C)[C@H]1CS(=O)(=O)c1ccccc1. The number of rotatable bonds is 26. The quantitative estimate of drug-likeness (QED) is 0.0710. The molecule has 4 saturated heterocycles. The Bertz CT molecular complexity index is 2340. The van der Waals surface area contributed by atoms with Crippen LogP contribution in [0.2, 0.25) is 36.3 Å². The third kappa shape index (κ3) is 20.5. The molecule has 0 saturated carbocycles. The maximum atomic E-state index is 13.6. The van der Waals surface area contributed by atoms with Crippen LogP contribution in [0.3, 0.4) is 0 Å². The van der Waals surface area contributed by atoms with E-state index >= 15 is 0 Å². The maximum Gasteiger partial charge on any atom is 0.191 e. The number of benzene rings is 2. The Balaban J connectivity index is 0.000000352. The van der Waals surface area contributed by atoms with Crippen LogP contribution in [0, 0.1) is 47.3 Å². The number of hydrogen-bond donors (Lipinski definition) is 1. The molecule has 0 amide bonds. The van der Waals surface area contributed by atoms with Crippen molar-refractivity contribution in [3.05, 3.63) is 85.0 Å². The second-order valence-corrected chi connectivity index (χ2v) is 42.6. The van der Waals surface area contributed by atoms with Gasteiger partial charge in [-0.15, -0.1) is 0 Å². The van der Waals surface area contributed by atoms with Crippen LogP contribution in [0.1, 0.15) is 168 Å². The summed E-state index contributed by atoms with van der Waals surface area (Å²) in [5.41, 5.74) is 2.18. The number of aliphatic hydroxyl groups excluding tert-OH is 1. The molecule has 4 aliphatic heterocycles. The van der Waals surface area contributed by atoms with Gasteiger partial charge < -0.3 is 32.9 Å². The highest BCUT2D eigenvalue weighted by molar-refractivity contribution is 7.91. The summed E-state index contributed by atoms with van der Waals surface area (Å²) in [6.45, 7) is 48.5. The van der Waals surface area contributed by atoms with Crippen LogP contribution in [0.15, 0.2) is 94.8 Å². The lowest BCUT2D eigenvalue weighted by Gasteiger charge is -2.38. The molecule has 476 valence electrons. The summed E-state index contributed by atoms with van der Waals surface area (Å²) >= 11 is 0. The zero-order chi connectivity index (χ0) is 61.2. The second-order valence-electron chi connectivity index (χ2n) is 28.9. The molecule has 83 heavy (non-hydrogen) atoms. The largest absolute Gasteiger partial charge is 0.417 e. The average Bonchev–Trinajstić information content (AvgIpc) is 3.84. The first kappa shape index (κ1) is 73.4. The molecule has 4 aliphatic rings. The van der Waals surface area contributed by atoms with E-state index in [1.54, 1.807) is 48.5 Å². The monoisotopic (exact) mass is 1230 g/mol. The minimum Gasteiger partial charge on any atom is -0.417 e. The number of unbranched alkanes of at least 4 members (excludes halogenated alkanes) is 1. The van der Waals surface area contributed by atoms with Crippen LogP contribution in [-0.4, -0.2) is 119 Å². The summed E-state index contributed by atoms with van der Waals surface area (Å²) in [6.07, 6.45) is 9.28. The summed E-state index contributed by atoms with van der Waals surface area (Å²) in [5, 5.41) is 9.66. The third-order valence-electron chi connectivity index (χ3n) is 20.0. The van der Waals surface area contributed by atoms with Gasteiger partial charge in [0.2, 0.25) is 0 Å². The fourth-order valence-electron chi connectivity index (χ4n) is 12.1. The fraction of sp³-hybridized carbons (Fsp3) is 0.765. The molecular formula is C68H118O11S2Si2. The van der Waals surface area contributed by atoms with E-state index in [4.69, 9.17) is 27.8 Å². The molecule has 6 rings (SSSR count). The van der Waals surface area contributed by atoms with Crippen molar-refractivity contribution in [1.29, 1.82) is 0 Å². The molecule has 1 N–H and O–H groups in total. The van der Waals surface area contributed by atoms with Gasteiger partial charge >= 0.3 is 0 Å². The summed E-state index contributed by atoms with van der Waals surface area (Å²) in [4.78, 5) is 0.749. The smallest absolute Gasteiger partial charge is 0.191 e. The molecule has 0 radical (unpaired) electrons. The van der Waals surface area contributed by atoms with Gasteiger partial charge in [0.05, 0.1) is 70.1 Å². The second kappa shape index (κ2) is 31.4. The van der Waals surface area contributed by atoms with Gasteiger partial charge in [-0.25, -0.2) is 16.8 Å². The fourth-order valence-corrected chi connectivity index (χ4v) is 17.9. The van der Waals surface area contributed by atoms with Crippen LogP contribution < -0.4 is 0 Å². The van der Waals surface area contributed by atoms with Crippen molar-refractivity contribution in [2.75, 3.05) is 31.3 Å². The Hall–Kier alpha value is -2.03. The first-order valence-electron chi connectivity index (χ1n) is 31.5. The van der Waals surface area contributed by atoms with Gasteiger partial charge in [-0.1, -0.05) is 160 Å². The van der Waals surface area contributed by atoms with Gasteiger partial charge in [-0.2, -0.15) is 0 Å². The molecule has 2 aromatic carbocycles. The van der Waals surface area contributed by atoms with Gasteiger partial charge in [-0.05, 0) is 152 Å². The lowest BCUT2D eigenvalue weighted by atomic mass is 9.81. The Morgan fingerprint density at radius 3 is 1.27 bits per heavy atom. The van der Waals surface area contributed by atoms with Crippen molar-refractivity contribution in [2.24, 2.45) is 47.3 Å². The van der Waals surface area contributed by atoms with Crippen molar-refractivity contribution in [3.63, 3.8) is 0 Å². The first-order valence-corrected chi connectivity index (χ1v) is 40.7. The molecule has 0 aliphatic carbocycles. The van der Waals surface area contributed by atoms with E-state index in [9.17, 15) is 21.9 Å². The summed E-state index contributed by atoms with van der Waals surface area (Å²) in [5.74, 6) is 1.39. The minimum atomic E-state index is -3.49. The molecule has 16 atom stereocenters. The van der Waals surface area contributed by atoms with Gasteiger partial charge in [-0.3, -0.25) is 0 Å². The molecule has 2 aromatic rings. The lowest BCUT2D eigenvalue weighted by molar-refractivity contribution is -0.0713. The van der Waals surface area contributed by atoms with Crippen LogP contribution in [0.4, 0.5) is 0 Å². The van der Waals surface area contributed by atoms with Gasteiger partial charge in [0.25, 0.3) is 0 Å². The van der Waals surface area contributed by atoms with E-state index in [0.717, 1.165) is 62.5 Å². The Labute approximate surface area is 509 Å². The minimum absolute atomic E-state index is 0. The van der Waals surface area contributed by atoms with Gasteiger partial charge in [0.1, 0.15) is 0 Å². The third-order valence-corrected chi connectivity index (χ3v) is 32.7. The standard InChI is InChI=1S/C34H58O5SSi.C33H56O6SSi.CH4/c1-11-12-16-28-20-25(3)26(4)32(38-28)21-33-30(23-40(35,36)29-17-14-13-15-18-29)27(5)31(39-33)19-24(2)22-37-41(9,10)34(6,7)8;1-23(21-37-41(8,9)33(5,6)7)18-30-26(4)29(22-40(35,36)28-15-11-10-12-16-28)32(39-30)20-31-25(3)24(2)19-27(38-31)14-13-17-34;/h13-15,17-18,24-25,27-28,30-33H,4,11-12,16,19-23H2,1-3,5-10H3;10-12,15-16,23-24,26-27,29-32,34H,3,13-14,17-22H2,1-2,4-9H3;1H4/t24-,25+,27+,28-,30+,31+,32+,33?;23-,24+,26+,27-,29+,30+,31+,32?;/m00./s1. The Morgan fingerprint density at radius 2 is 0.940 bits per heavy atom. The topological polar surface area (TPSA) is 144 Å². The molecule has 0 aromatic heterocycles. The van der Waals surface area contributed by atoms with Crippen LogP contribution >= 0.6 is 0 Å². The van der Waals surface area contributed by atoms with Gasteiger partial charge in [0.15, 0.2) is 36.3 Å². The molecule has 2 unspecified atom stereocenters. The van der Waals surface area contributed by atoms with E-state index in [-0.39, 0.29) is 108 Å². The molecule has 4 fully saturated rings. The van der Waals surface area contributed by atoms with Crippen LogP contribution in [0.5, 0.6) is 0 Å². The van der Waals surface area contributed by atoms with Crippen molar-refractivity contribution in [2.45, 2.75) is 263 Å². The Morgan fingerprint density at radius 1 is 0.590 bits per heavy atom. The normalized spacial score (nSPS) is 30.1. The van der Waals surface area contributed by atoms with E-state index in [2.05, 4.69) is 129 Å². The molecule has 15 heteroatoms. The number of ether oxygens (including phenoxy) is 4. The van der Waals surface area contributed by atoms with Crippen LogP contribution in [0.25, 0.3) is 0 Å². The predicted molar refractivity (Wildman–Crippen MR) is 348 cm³/mol. The predicted octanol–water partition coefficient (Wildman–Crippen LogP) is 16.1. The maximum absolute atomic E-state index is 13.6.